The number of hydrogen-bond donors (Lipinski definition) is 2. The largest absolute Gasteiger partial charge is 0.490 e. The number of nitrogens with zero attached hydrogens (tertiary/aromatic N) is 1. The van der Waals surface area contributed by atoms with Gasteiger partial charge in [-0.25, -0.2) is 8.78 Å². The van der Waals surface area contributed by atoms with Crippen LogP contribution in [0, 0.1) is 11.6 Å². The molecule has 0 bridgehead atoms. The Bertz CT molecular complexity index is 995. The molecule has 2 aromatic rings. The number of nitrogens with one attached hydrogen (secondary N) is 1. The molecular formula is C21H20Cl2F2N2O3. The lowest BCUT2D eigenvalue weighted by atomic mass is 9.92. The molecule has 0 aliphatic carbocycles. The van der Waals surface area contributed by atoms with Gasteiger partial charge in [0.05, 0.1) is 21.4 Å². The molecule has 2 aromatic carbocycles. The van der Waals surface area contributed by atoms with Crippen molar-refractivity contribution >= 4 is 40.5 Å². The van der Waals surface area contributed by atoms with Crippen molar-refractivity contribution in [3.63, 3.8) is 0 Å². The standard InChI is InChI=1S/C21H20Cl2F2N2O3/c22-13-9-14(23)17(10-16(13)25)27-7-5-21(29,6-8-27)11-30-18-3-2-15(24)20-12(18)1-4-19(28)26-20/h2-3,9-10,29H,1,4-8,11H2,(H,26,28). The van der Waals surface area contributed by atoms with E-state index in [1.54, 1.807) is 0 Å². The minimum absolute atomic E-state index is 0.0234. The SMILES string of the molecule is O=C1CCc2c(OCC3(O)CCN(c4cc(F)c(Cl)cc4Cl)CC3)ccc(F)c2N1. The number of carbonyl (C=O) groups excluding carboxylic acids is 1. The van der Waals surface area contributed by atoms with Crippen molar-refractivity contribution in [3.8, 4) is 5.75 Å². The summed E-state index contributed by atoms with van der Waals surface area (Å²) in [6.07, 6.45) is 1.40. The average molecular weight is 457 g/mol. The fourth-order valence-corrected chi connectivity index (χ4v) is 4.34. The second kappa shape index (κ2) is 8.21. The molecule has 5 nitrogen and oxygen atoms in total. The van der Waals surface area contributed by atoms with Crippen LogP contribution in [0.5, 0.6) is 5.75 Å². The van der Waals surface area contributed by atoms with Crippen molar-refractivity contribution in [1.29, 1.82) is 0 Å². The second-order valence-corrected chi connectivity index (χ2v) is 8.48. The number of piperidine rings is 1. The first-order chi connectivity index (χ1) is 14.3. The highest BCUT2D eigenvalue weighted by Gasteiger charge is 2.34. The predicted molar refractivity (Wildman–Crippen MR) is 112 cm³/mol. The van der Waals surface area contributed by atoms with Crippen LogP contribution in [0.2, 0.25) is 10.0 Å². The van der Waals surface area contributed by atoms with Gasteiger partial charge >= 0.3 is 0 Å². The number of anilines is 2. The van der Waals surface area contributed by atoms with E-state index in [4.69, 9.17) is 27.9 Å². The third-order valence-electron chi connectivity index (χ3n) is 5.61. The summed E-state index contributed by atoms with van der Waals surface area (Å²) in [5, 5.41) is 13.8. The van der Waals surface area contributed by atoms with E-state index in [2.05, 4.69) is 5.32 Å². The molecule has 2 heterocycles. The van der Waals surface area contributed by atoms with Crippen LogP contribution in [0.15, 0.2) is 24.3 Å². The zero-order valence-corrected chi connectivity index (χ0v) is 17.5. The number of halogens is 4. The Morgan fingerprint density at radius 3 is 2.57 bits per heavy atom. The molecule has 1 saturated heterocycles. The number of amides is 1. The van der Waals surface area contributed by atoms with E-state index < -0.39 is 17.2 Å². The smallest absolute Gasteiger partial charge is 0.224 e. The molecule has 0 saturated carbocycles. The monoisotopic (exact) mass is 456 g/mol. The summed E-state index contributed by atoms with van der Waals surface area (Å²) >= 11 is 12.0. The maximum absolute atomic E-state index is 14.0. The Balaban J connectivity index is 1.42. The zero-order chi connectivity index (χ0) is 21.5. The van der Waals surface area contributed by atoms with Crippen LogP contribution in [0.25, 0.3) is 0 Å². The summed E-state index contributed by atoms with van der Waals surface area (Å²) in [5.74, 6) is -0.843. The molecule has 4 rings (SSSR count). The Morgan fingerprint density at radius 1 is 1.10 bits per heavy atom. The first-order valence-corrected chi connectivity index (χ1v) is 10.4. The molecule has 2 N–H and O–H groups in total. The van der Waals surface area contributed by atoms with Gasteiger partial charge in [0, 0.05) is 31.1 Å². The van der Waals surface area contributed by atoms with Gasteiger partial charge in [0.1, 0.15) is 29.6 Å². The number of carbonyl (C=O) groups is 1. The highest BCUT2D eigenvalue weighted by atomic mass is 35.5. The van der Waals surface area contributed by atoms with E-state index in [-0.39, 0.29) is 29.6 Å². The summed E-state index contributed by atoms with van der Waals surface area (Å²) in [5.41, 5.74) is 0.182. The number of benzene rings is 2. The lowest BCUT2D eigenvalue weighted by Gasteiger charge is -2.39. The molecule has 0 atom stereocenters. The summed E-state index contributed by atoms with van der Waals surface area (Å²) in [7, 11) is 0. The van der Waals surface area contributed by atoms with E-state index in [1.165, 1.54) is 24.3 Å². The fraction of sp³-hybridized carbons (Fsp3) is 0.381. The first-order valence-electron chi connectivity index (χ1n) is 9.62. The van der Waals surface area contributed by atoms with Gasteiger partial charge in [0.2, 0.25) is 5.91 Å². The van der Waals surface area contributed by atoms with Crippen LogP contribution in [-0.4, -0.2) is 36.3 Å². The van der Waals surface area contributed by atoms with Crippen molar-refractivity contribution in [3.05, 3.63) is 51.5 Å². The molecule has 2 aliphatic heterocycles. The molecule has 1 fully saturated rings. The van der Waals surface area contributed by atoms with Crippen LogP contribution in [0.3, 0.4) is 0 Å². The van der Waals surface area contributed by atoms with Crippen LogP contribution < -0.4 is 15.0 Å². The topological polar surface area (TPSA) is 61.8 Å². The van der Waals surface area contributed by atoms with Gasteiger partial charge < -0.3 is 20.1 Å². The first kappa shape index (κ1) is 21.2. The van der Waals surface area contributed by atoms with Crippen molar-refractivity contribution in [2.24, 2.45) is 0 Å². The maximum atomic E-state index is 14.0. The summed E-state index contributed by atoms with van der Waals surface area (Å²) in [6, 6.07) is 5.42. The van der Waals surface area contributed by atoms with E-state index in [9.17, 15) is 18.7 Å². The van der Waals surface area contributed by atoms with Gasteiger partial charge in [-0.15, -0.1) is 0 Å². The Morgan fingerprint density at radius 2 is 1.83 bits per heavy atom. The predicted octanol–water partition coefficient (Wildman–Crippen LogP) is 4.57. The molecule has 0 unspecified atom stereocenters. The van der Waals surface area contributed by atoms with E-state index in [0.717, 1.165) is 0 Å². The number of fused-ring (bicyclic) bond motifs is 1. The van der Waals surface area contributed by atoms with Gasteiger partial charge in [0.25, 0.3) is 0 Å². The van der Waals surface area contributed by atoms with Crippen molar-refractivity contribution < 1.29 is 23.4 Å². The normalized spacial score (nSPS) is 18.0. The lowest BCUT2D eigenvalue weighted by Crippen LogP contribution is -2.48. The van der Waals surface area contributed by atoms with Crippen LogP contribution in [0.1, 0.15) is 24.8 Å². The van der Waals surface area contributed by atoms with Gasteiger partial charge in [-0.2, -0.15) is 0 Å². The number of rotatable bonds is 4. The number of aliphatic hydroxyl groups is 1. The Hall–Kier alpha value is -2.09. The third kappa shape index (κ3) is 4.19. The summed E-state index contributed by atoms with van der Waals surface area (Å²) in [6.45, 7) is 0.937. The van der Waals surface area contributed by atoms with Gasteiger partial charge in [-0.1, -0.05) is 23.2 Å². The molecule has 0 spiro atoms. The molecule has 0 radical (unpaired) electrons. The molecule has 1 amide bonds. The van der Waals surface area contributed by atoms with Crippen LogP contribution in [-0.2, 0) is 11.2 Å². The maximum Gasteiger partial charge on any atom is 0.224 e. The molecule has 30 heavy (non-hydrogen) atoms. The van der Waals surface area contributed by atoms with E-state index >= 15 is 0 Å². The molecule has 9 heteroatoms. The Labute approximate surface area is 182 Å². The summed E-state index contributed by atoms with van der Waals surface area (Å²) < 4.78 is 33.7. The van der Waals surface area contributed by atoms with Gasteiger partial charge in [0.15, 0.2) is 0 Å². The van der Waals surface area contributed by atoms with Crippen molar-refractivity contribution in [2.75, 3.05) is 29.9 Å². The van der Waals surface area contributed by atoms with Crippen LogP contribution in [0.4, 0.5) is 20.2 Å². The van der Waals surface area contributed by atoms with Gasteiger partial charge in [-0.3, -0.25) is 4.79 Å². The third-order valence-corrected chi connectivity index (χ3v) is 6.20. The quantitative estimate of drug-likeness (QED) is 0.661. The highest BCUT2D eigenvalue weighted by Crippen LogP contribution is 2.36. The number of hydrogen-bond acceptors (Lipinski definition) is 4. The lowest BCUT2D eigenvalue weighted by molar-refractivity contribution is -0.116. The van der Waals surface area contributed by atoms with E-state index in [0.29, 0.717) is 54.4 Å². The zero-order valence-electron chi connectivity index (χ0n) is 16.0. The highest BCUT2D eigenvalue weighted by molar-refractivity contribution is 6.36. The number of ether oxygens (including phenoxy) is 1. The average Bonchev–Trinajstić information content (AvgIpc) is 2.71. The molecule has 160 valence electrons. The molecule has 0 aromatic heterocycles. The fourth-order valence-electron chi connectivity index (χ4n) is 3.83. The molecular weight excluding hydrogens is 437 g/mol. The van der Waals surface area contributed by atoms with Crippen LogP contribution >= 0.6 is 23.2 Å². The molecule has 2 aliphatic rings. The summed E-state index contributed by atoms with van der Waals surface area (Å²) in [4.78, 5) is 13.4. The van der Waals surface area contributed by atoms with E-state index in [1.807, 2.05) is 4.90 Å². The van der Waals surface area contributed by atoms with Gasteiger partial charge in [-0.05, 0) is 37.5 Å². The minimum atomic E-state index is -1.09. The second-order valence-electron chi connectivity index (χ2n) is 7.67. The van der Waals surface area contributed by atoms with Crippen molar-refractivity contribution in [1.82, 2.24) is 0 Å². The Kier molecular flexibility index (Phi) is 5.79. The minimum Gasteiger partial charge on any atom is -0.490 e. The van der Waals surface area contributed by atoms with Crippen molar-refractivity contribution in [2.45, 2.75) is 31.3 Å².